The molecule has 13 heteroatoms. The molecule has 0 aliphatic carbocycles. The fourth-order valence-electron chi connectivity index (χ4n) is 5.58. The molecule has 1 fully saturated rings. The number of amides is 1. The molecule has 2 aromatic heterocycles. The highest BCUT2D eigenvalue weighted by Gasteiger charge is 2.49. The third kappa shape index (κ3) is 4.62. The molecule has 214 valence electrons. The Kier molecular flexibility index (Phi) is 6.89. The van der Waals surface area contributed by atoms with Gasteiger partial charge < -0.3 is 34.3 Å². The number of carbonyl (C=O) groups excluding carboxylic acids is 1. The third-order valence-electron chi connectivity index (χ3n) is 7.95. The summed E-state index contributed by atoms with van der Waals surface area (Å²) in [4.78, 5) is 66.2. The van der Waals surface area contributed by atoms with Crippen LogP contribution in [0.5, 0.6) is 5.75 Å². The molecule has 1 amide bonds. The van der Waals surface area contributed by atoms with Gasteiger partial charge in [0.2, 0.25) is 0 Å². The zero-order chi connectivity index (χ0) is 29.6. The molecule has 3 N–H and O–H groups in total. The highest BCUT2D eigenvalue weighted by molar-refractivity contribution is 5.98. The van der Waals surface area contributed by atoms with E-state index < -0.39 is 29.6 Å². The zero-order valence-corrected chi connectivity index (χ0v) is 22.3. The number of nitrogens with zero attached hydrogens (tertiary/aromatic N) is 3. The Labute approximate surface area is 232 Å². The van der Waals surface area contributed by atoms with E-state index in [0.29, 0.717) is 28.9 Å². The third-order valence-corrected chi connectivity index (χ3v) is 7.95. The van der Waals surface area contributed by atoms with Gasteiger partial charge in [-0.3, -0.25) is 14.4 Å². The second-order valence-electron chi connectivity index (χ2n) is 10.1. The second-order valence-corrected chi connectivity index (χ2v) is 10.1. The first-order valence-electron chi connectivity index (χ1n) is 12.9. The zero-order valence-electron chi connectivity index (χ0n) is 22.3. The molecule has 2 aliphatic rings. The molecule has 0 saturated carbocycles. The smallest absolute Gasteiger partial charge is 0.480 e. The van der Waals surface area contributed by atoms with E-state index in [1.807, 2.05) is 6.92 Å². The van der Waals surface area contributed by atoms with E-state index in [1.54, 1.807) is 35.8 Å². The van der Waals surface area contributed by atoms with Gasteiger partial charge in [-0.1, -0.05) is 6.92 Å². The highest BCUT2D eigenvalue weighted by Crippen LogP contribution is 2.38. The van der Waals surface area contributed by atoms with Crippen molar-refractivity contribution in [2.45, 2.75) is 46.3 Å². The maximum absolute atomic E-state index is 13.2. The number of ether oxygens (including phenoxy) is 2. The highest BCUT2D eigenvalue weighted by atomic mass is 16.7. The van der Waals surface area contributed by atoms with Crippen LogP contribution in [0.25, 0.3) is 22.3 Å². The number of piperidine rings is 1. The Bertz CT molecular complexity index is 1670. The van der Waals surface area contributed by atoms with Gasteiger partial charge in [0.25, 0.3) is 5.56 Å². The maximum atomic E-state index is 13.2. The van der Waals surface area contributed by atoms with Crippen molar-refractivity contribution in [1.29, 1.82) is 0 Å². The van der Waals surface area contributed by atoms with E-state index in [1.165, 1.54) is 4.90 Å². The van der Waals surface area contributed by atoms with Gasteiger partial charge in [0.15, 0.2) is 5.41 Å². The van der Waals surface area contributed by atoms with Crippen LogP contribution in [0.4, 0.5) is 9.59 Å². The monoisotopic (exact) mass is 565 g/mol. The largest absolute Gasteiger partial charge is 0.506 e. The number of aryl methyl sites for hydroxylation is 2. The number of rotatable bonds is 6. The van der Waals surface area contributed by atoms with E-state index in [-0.39, 0.29) is 56.0 Å². The van der Waals surface area contributed by atoms with Gasteiger partial charge in [-0.25, -0.2) is 14.6 Å². The van der Waals surface area contributed by atoms with E-state index in [2.05, 4.69) is 4.74 Å². The first kappa shape index (κ1) is 27.6. The van der Waals surface area contributed by atoms with Gasteiger partial charge in [0, 0.05) is 24.0 Å². The number of pyridine rings is 2. The van der Waals surface area contributed by atoms with Crippen LogP contribution in [0.3, 0.4) is 0 Å². The van der Waals surface area contributed by atoms with Gasteiger partial charge in [-0.05, 0) is 61.6 Å². The predicted molar refractivity (Wildman–Crippen MR) is 142 cm³/mol. The lowest BCUT2D eigenvalue weighted by Crippen LogP contribution is -2.51. The number of hydrogen-bond acceptors (Lipinski definition) is 8. The van der Waals surface area contributed by atoms with Crippen LogP contribution in [0.2, 0.25) is 0 Å². The van der Waals surface area contributed by atoms with Crippen LogP contribution in [0, 0.1) is 12.3 Å². The Balaban J connectivity index is 1.42. The normalized spacial score (nSPS) is 15.2. The van der Waals surface area contributed by atoms with Gasteiger partial charge in [0.1, 0.15) is 12.4 Å². The summed E-state index contributed by atoms with van der Waals surface area (Å²) in [6.45, 7) is 3.41. The van der Waals surface area contributed by atoms with Crippen LogP contribution in [0.1, 0.15) is 42.0 Å². The fourth-order valence-corrected chi connectivity index (χ4v) is 5.58. The van der Waals surface area contributed by atoms with Crippen molar-refractivity contribution in [1.82, 2.24) is 14.5 Å². The first-order chi connectivity index (χ1) is 19.5. The molecule has 0 bridgehead atoms. The summed E-state index contributed by atoms with van der Waals surface area (Å²) >= 11 is 0. The van der Waals surface area contributed by atoms with E-state index in [9.17, 15) is 34.2 Å². The number of aromatic nitrogens is 2. The number of carboxylic acid groups (broad SMARTS) is 3. The molecule has 4 heterocycles. The molecular formula is C28H27N3O10. The molecule has 0 radical (unpaired) electrons. The van der Waals surface area contributed by atoms with Crippen molar-refractivity contribution in [2.75, 3.05) is 13.1 Å². The van der Waals surface area contributed by atoms with Crippen LogP contribution in [0.15, 0.2) is 29.1 Å². The van der Waals surface area contributed by atoms with Crippen molar-refractivity contribution >= 4 is 35.1 Å². The Morgan fingerprint density at radius 2 is 1.71 bits per heavy atom. The van der Waals surface area contributed by atoms with Crippen molar-refractivity contribution in [3.8, 4) is 17.1 Å². The standard InChI is InChI=1S/C28H27N3O10/c1-3-16-17-11-15(41-26(37)30-8-6-28(7-9-30,24(33)34)25(35)36)4-5-20(17)29-22-18(16)12-31-21(22)10-14(2)19(23(31)32)13-40-27(38)39/h4-5,10-11H,3,6-9,12-13H2,1-2H3,(H,33,34)(H,35,36)(H,38,39). The van der Waals surface area contributed by atoms with Crippen molar-refractivity contribution in [3.63, 3.8) is 0 Å². The van der Waals surface area contributed by atoms with Crippen LogP contribution in [-0.4, -0.2) is 67.0 Å². The summed E-state index contributed by atoms with van der Waals surface area (Å²) in [5.41, 5.74) is 2.23. The summed E-state index contributed by atoms with van der Waals surface area (Å²) in [5.74, 6) is -2.61. The van der Waals surface area contributed by atoms with Crippen LogP contribution >= 0.6 is 0 Å². The van der Waals surface area contributed by atoms with E-state index in [0.717, 1.165) is 16.5 Å². The lowest BCUT2D eigenvalue weighted by Gasteiger charge is -2.35. The number of hydrogen-bond donors (Lipinski definition) is 3. The number of benzene rings is 1. The quantitative estimate of drug-likeness (QED) is 0.230. The molecule has 0 atom stereocenters. The minimum absolute atomic E-state index is 0.0772. The predicted octanol–water partition coefficient (Wildman–Crippen LogP) is 3.24. The van der Waals surface area contributed by atoms with E-state index in [4.69, 9.17) is 14.8 Å². The molecule has 41 heavy (non-hydrogen) atoms. The van der Waals surface area contributed by atoms with E-state index >= 15 is 0 Å². The SMILES string of the molecule is CCc1c2c(nc3ccc(OC(=O)N4CCC(C(=O)O)(C(=O)O)CC4)cc13)-c1cc(C)c(COC(=O)O)c(=O)n1C2. The summed E-state index contributed by atoms with van der Waals surface area (Å²) in [6, 6.07) is 6.77. The topological polar surface area (TPSA) is 186 Å². The fraction of sp³-hybridized carbons (Fsp3) is 0.357. The van der Waals surface area contributed by atoms with Gasteiger partial charge in [0.05, 0.1) is 29.0 Å². The maximum Gasteiger partial charge on any atom is 0.506 e. The molecule has 0 unspecified atom stereocenters. The van der Waals surface area contributed by atoms with Gasteiger partial charge >= 0.3 is 24.2 Å². The van der Waals surface area contributed by atoms with Crippen LogP contribution in [-0.2, 0) is 33.9 Å². The van der Waals surface area contributed by atoms with Crippen LogP contribution < -0.4 is 10.3 Å². The molecule has 5 rings (SSSR count). The summed E-state index contributed by atoms with van der Waals surface area (Å²) in [6.07, 6.45) is -2.06. The molecule has 13 nitrogen and oxygen atoms in total. The minimum atomic E-state index is -1.93. The number of aliphatic carboxylic acids is 2. The Morgan fingerprint density at radius 1 is 1.02 bits per heavy atom. The average molecular weight is 566 g/mol. The summed E-state index contributed by atoms with van der Waals surface area (Å²) in [5, 5.41) is 28.4. The molecule has 1 aromatic carbocycles. The Morgan fingerprint density at radius 3 is 2.32 bits per heavy atom. The number of likely N-dealkylation sites (tertiary alicyclic amines) is 1. The second kappa shape index (κ2) is 10.2. The molecule has 1 saturated heterocycles. The van der Waals surface area contributed by atoms with Gasteiger partial charge in [-0.2, -0.15) is 0 Å². The molecule has 0 spiro atoms. The summed E-state index contributed by atoms with van der Waals surface area (Å²) in [7, 11) is 0. The average Bonchev–Trinajstić information content (AvgIpc) is 3.29. The number of carboxylic acids is 2. The lowest BCUT2D eigenvalue weighted by atomic mass is 9.78. The number of carbonyl (C=O) groups is 4. The minimum Gasteiger partial charge on any atom is -0.480 e. The molecule has 2 aliphatic heterocycles. The molecule has 3 aromatic rings. The van der Waals surface area contributed by atoms with Crippen molar-refractivity contribution in [3.05, 3.63) is 56.9 Å². The van der Waals surface area contributed by atoms with Gasteiger partial charge in [-0.15, -0.1) is 0 Å². The van der Waals surface area contributed by atoms with Crippen molar-refractivity contribution in [2.24, 2.45) is 5.41 Å². The summed E-state index contributed by atoms with van der Waals surface area (Å²) < 4.78 is 11.8. The molecular weight excluding hydrogens is 538 g/mol. The number of fused-ring (bicyclic) bond motifs is 4. The Hall–Kier alpha value is -4.94. The lowest BCUT2D eigenvalue weighted by molar-refractivity contribution is -0.168. The van der Waals surface area contributed by atoms with Crippen molar-refractivity contribution < 1.29 is 44.0 Å². The first-order valence-corrected chi connectivity index (χ1v) is 12.9.